The van der Waals surface area contributed by atoms with E-state index < -0.39 is 0 Å². The van der Waals surface area contributed by atoms with Gasteiger partial charge < -0.3 is 0 Å². The Kier molecular flexibility index (Phi) is 2.89. The molecule has 0 radical (unpaired) electrons. The zero-order chi connectivity index (χ0) is 10.8. The van der Waals surface area contributed by atoms with Gasteiger partial charge in [-0.05, 0) is 29.8 Å². The van der Waals surface area contributed by atoms with Gasteiger partial charge in [0.25, 0.3) is 0 Å². The molecule has 0 saturated heterocycles. The van der Waals surface area contributed by atoms with Gasteiger partial charge in [-0.1, -0.05) is 35.3 Å². The van der Waals surface area contributed by atoms with E-state index in [4.69, 9.17) is 23.2 Å². The molecule has 1 aromatic carbocycles. The lowest BCUT2D eigenvalue weighted by Gasteiger charge is -2.03. The van der Waals surface area contributed by atoms with E-state index in [2.05, 4.69) is 4.98 Å². The van der Waals surface area contributed by atoms with Crippen LogP contribution in [0, 0.1) is 5.82 Å². The maximum absolute atomic E-state index is 12.7. The SMILES string of the molecule is Fc1ccc(-c2ccc(Cl)nc2Cl)cc1. The summed E-state index contributed by atoms with van der Waals surface area (Å²) in [4.78, 5) is 3.91. The Balaban J connectivity index is 2.49. The summed E-state index contributed by atoms with van der Waals surface area (Å²) in [6, 6.07) is 9.44. The molecule has 15 heavy (non-hydrogen) atoms. The minimum atomic E-state index is -0.281. The monoisotopic (exact) mass is 241 g/mol. The highest BCUT2D eigenvalue weighted by molar-refractivity contribution is 6.34. The van der Waals surface area contributed by atoms with Gasteiger partial charge in [-0.3, -0.25) is 0 Å². The molecular weight excluding hydrogens is 236 g/mol. The first-order valence-corrected chi connectivity index (χ1v) is 5.00. The second-order valence-corrected chi connectivity index (χ2v) is 3.72. The molecule has 0 aliphatic carbocycles. The molecule has 2 rings (SSSR count). The van der Waals surface area contributed by atoms with E-state index in [9.17, 15) is 4.39 Å². The van der Waals surface area contributed by atoms with Crippen molar-refractivity contribution in [3.8, 4) is 11.1 Å². The highest BCUT2D eigenvalue weighted by atomic mass is 35.5. The van der Waals surface area contributed by atoms with Crippen LogP contribution in [-0.4, -0.2) is 4.98 Å². The highest BCUT2D eigenvalue weighted by Gasteiger charge is 2.05. The van der Waals surface area contributed by atoms with E-state index in [0.717, 1.165) is 11.1 Å². The molecule has 0 saturated carbocycles. The van der Waals surface area contributed by atoms with Gasteiger partial charge in [-0.15, -0.1) is 0 Å². The lowest BCUT2D eigenvalue weighted by atomic mass is 10.1. The summed E-state index contributed by atoms with van der Waals surface area (Å²) in [6.07, 6.45) is 0. The summed E-state index contributed by atoms with van der Waals surface area (Å²) in [5, 5.41) is 0.653. The lowest BCUT2D eigenvalue weighted by Crippen LogP contribution is -1.84. The molecular formula is C11H6Cl2FN. The Morgan fingerprint density at radius 2 is 1.60 bits per heavy atom. The number of halogens is 3. The normalized spacial score (nSPS) is 10.3. The van der Waals surface area contributed by atoms with Gasteiger partial charge in [-0.25, -0.2) is 9.37 Å². The van der Waals surface area contributed by atoms with Crippen LogP contribution in [0.15, 0.2) is 36.4 Å². The predicted octanol–water partition coefficient (Wildman–Crippen LogP) is 4.19. The van der Waals surface area contributed by atoms with Crippen molar-refractivity contribution in [1.82, 2.24) is 4.98 Å². The van der Waals surface area contributed by atoms with Gasteiger partial charge in [0.15, 0.2) is 0 Å². The molecule has 1 heterocycles. The average molecular weight is 242 g/mol. The van der Waals surface area contributed by atoms with Crippen molar-refractivity contribution in [2.75, 3.05) is 0 Å². The van der Waals surface area contributed by atoms with E-state index in [-0.39, 0.29) is 5.82 Å². The van der Waals surface area contributed by atoms with E-state index in [0.29, 0.717) is 10.3 Å². The maximum atomic E-state index is 12.7. The maximum Gasteiger partial charge on any atom is 0.138 e. The van der Waals surface area contributed by atoms with E-state index in [1.54, 1.807) is 24.3 Å². The number of rotatable bonds is 1. The van der Waals surface area contributed by atoms with Crippen LogP contribution < -0.4 is 0 Å². The molecule has 1 aromatic heterocycles. The molecule has 0 atom stereocenters. The van der Waals surface area contributed by atoms with Crippen molar-refractivity contribution in [3.63, 3.8) is 0 Å². The smallest absolute Gasteiger partial charge is 0.138 e. The fraction of sp³-hybridized carbons (Fsp3) is 0. The topological polar surface area (TPSA) is 12.9 Å². The van der Waals surface area contributed by atoms with Crippen molar-refractivity contribution in [1.29, 1.82) is 0 Å². The Morgan fingerprint density at radius 1 is 0.933 bits per heavy atom. The Hall–Kier alpha value is -1.12. The Morgan fingerprint density at radius 3 is 2.20 bits per heavy atom. The standard InChI is InChI=1S/C11H6Cl2FN/c12-10-6-5-9(11(13)15-10)7-1-3-8(14)4-2-7/h1-6H. The third-order valence-electron chi connectivity index (χ3n) is 1.97. The highest BCUT2D eigenvalue weighted by Crippen LogP contribution is 2.27. The first-order valence-electron chi connectivity index (χ1n) is 4.25. The van der Waals surface area contributed by atoms with Gasteiger partial charge >= 0.3 is 0 Å². The third kappa shape index (κ3) is 2.28. The van der Waals surface area contributed by atoms with Crippen LogP contribution in [0.3, 0.4) is 0 Å². The van der Waals surface area contributed by atoms with Crippen LogP contribution in [0.2, 0.25) is 10.3 Å². The van der Waals surface area contributed by atoms with Gasteiger partial charge in [-0.2, -0.15) is 0 Å². The minimum Gasteiger partial charge on any atom is -0.224 e. The second kappa shape index (κ2) is 4.17. The zero-order valence-electron chi connectivity index (χ0n) is 7.55. The number of hydrogen-bond acceptors (Lipinski definition) is 1. The van der Waals surface area contributed by atoms with Gasteiger partial charge in [0.05, 0.1) is 0 Å². The van der Waals surface area contributed by atoms with Crippen LogP contribution in [0.5, 0.6) is 0 Å². The molecule has 1 nitrogen and oxygen atoms in total. The van der Waals surface area contributed by atoms with E-state index >= 15 is 0 Å². The molecule has 0 amide bonds. The van der Waals surface area contributed by atoms with Crippen LogP contribution in [-0.2, 0) is 0 Å². The van der Waals surface area contributed by atoms with Crippen LogP contribution >= 0.6 is 23.2 Å². The molecule has 76 valence electrons. The second-order valence-electron chi connectivity index (χ2n) is 2.98. The lowest BCUT2D eigenvalue weighted by molar-refractivity contribution is 0.628. The summed E-state index contributed by atoms with van der Waals surface area (Å²) in [5.41, 5.74) is 1.55. The zero-order valence-corrected chi connectivity index (χ0v) is 9.06. The predicted molar refractivity (Wildman–Crippen MR) is 59.7 cm³/mol. The fourth-order valence-corrected chi connectivity index (χ4v) is 1.71. The average Bonchev–Trinajstić information content (AvgIpc) is 2.20. The molecule has 4 heteroatoms. The van der Waals surface area contributed by atoms with Crippen LogP contribution in [0.25, 0.3) is 11.1 Å². The number of pyridine rings is 1. The Labute approximate surface area is 96.5 Å². The van der Waals surface area contributed by atoms with Gasteiger partial charge in [0, 0.05) is 5.56 Å². The number of aromatic nitrogens is 1. The van der Waals surface area contributed by atoms with Crippen molar-refractivity contribution in [3.05, 3.63) is 52.5 Å². The summed E-state index contributed by atoms with van der Waals surface area (Å²) < 4.78 is 12.7. The molecule has 0 aliphatic heterocycles. The van der Waals surface area contributed by atoms with Gasteiger partial charge in [0.2, 0.25) is 0 Å². The molecule has 0 aliphatic rings. The minimum absolute atomic E-state index is 0.281. The first-order chi connectivity index (χ1) is 7.16. The largest absolute Gasteiger partial charge is 0.224 e. The molecule has 0 N–H and O–H groups in total. The first kappa shape index (κ1) is 10.4. The molecule has 0 spiro atoms. The summed E-state index contributed by atoms with van der Waals surface area (Å²) in [7, 11) is 0. The van der Waals surface area contributed by atoms with Crippen LogP contribution in [0.4, 0.5) is 4.39 Å². The summed E-state index contributed by atoms with van der Waals surface area (Å²) >= 11 is 11.6. The molecule has 0 bridgehead atoms. The van der Waals surface area contributed by atoms with Gasteiger partial charge in [0.1, 0.15) is 16.1 Å². The Bertz CT molecular complexity index is 482. The fourth-order valence-electron chi connectivity index (χ4n) is 1.26. The number of nitrogens with zero attached hydrogens (tertiary/aromatic N) is 1. The van der Waals surface area contributed by atoms with Crippen molar-refractivity contribution in [2.45, 2.75) is 0 Å². The van der Waals surface area contributed by atoms with Crippen molar-refractivity contribution in [2.24, 2.45) is 0 Å². The van der Waals surface area contributed by atoms with E-state index in [1.807, 2.05) is 0 Å². The summed E-state index contributed by atoms with van der Waals surface area (Å²) in [5.74, 6) is -0.281. The third-order valence-corrected chi connectivity index (χ3v) is 2.47. The number of benzene rings is 1. The van der Waals surface area contributed by atoms with E-state index in [1.165, 1.54) is 12.1 Å². The summed E-state index contributed by atoms with van der Waals surface area (Å²) in [6.45, 7) is 0. The molecule has 0 unspecified atom stereocenters. The van der Waals surface area contributed by atoms with Crippen molar-refractivity contribution < 1.29 is 4.39 Å². The molecule has 2 aromatic rings. The quantitative estimate of drug-likeness (QED) is 0.683. The molecule has 0 fully saturated rings. The number of hydrogen-bond donors (Lipinski definition) is 0. The van der Waals surface area contributed by atoms with Crippen molar-refractivity contribution >= 4 is 23.2 Å². The van der Waals surface area contributed by atoms with Crippen LogP contribution in [0.1, 0.15) is 0 Å².